The molecule has 0 spiro atoms. The number of aromatic nitrogens is 2. The first kappa shape index (κ1) is 14.3. The molecule has 4 heteroatoms. The summed E-state index contributed by atoms with van der Waals surface area (Å²) in [4.78, 5) is 16.5. The predicted octanol–water partition coefficient (Wildman–Crippen LogP) is 3.33. The van der Waals surface area contributed by atoms with E-state index < -0.39 is 0 Å². The second-order valence-corrected chi connectivity index (χ2v) is 5.41. The molecule has 1 aromatic carbocycles. The van der Waals surface area contributed by atoms with Gasteiger partial charge in [0.2, 0.25) is 0 Å². The van der Waals surface area contributed by atoms with E-state index >= 15 is 0 Å². The van der Waals surface area contributed by atoms with Crippen molar-refractivity contribution in [3.8, 4) is 11.3 Å². The average Bonchev–Trinajstić information content (AvgIpc) is 2.86. The number of nitrogens with zero attached hydrogens (tertiary/aromatic N) is 2. The summed E-state index contributed by atoms with van der Waals surface area (Å²) in [6.07, 6.45) is 2.12. The smallest absolute Gasteiger partial charge is 0.311 e. The Bertz CT molecular complexity index is 849. The van der Waals surface area contributed by atoms with Crippen LogP contribution < -0.4 is 0 Å². The summed E-state index contributed by atoms with van der Waals surface area (Å²) < 4.78 is 6.78. The molecule has 0 aliphatic heterocycles. The molecule has 0 fully saturated rings. The molecule has 0 aliphatic rings. The number of carbonyl (C=O) groups excluding carboxylic acids is 1. The molecule has 0 saturated carbocycles. The van der Waals surface area contributed by atoms with Gasteiger partial charge in [0.1, 0.15) is 5.65 Å². The number of carbonyl (C=O) groups is 1. The number of imidazole rings is 1. The first-order valence-electron chi connectivity index (χ1n) is 7.20. The van der Waals surface area contributed by atoms with E-state index in [4.69, 9.17) is 9.72 Å². The fraction of sp³-hybridized carbons (Fsp3) is 0.222. The number of rotatable bonds is 3. The molecule has 0 saturated heterocycles. The maximum Gasteiger partial charge on any atom is 0.311 e. The van der Waals surface area contributed by atoms with Crippen LogP contribution in [-0.4, -0.2) is 22.5 Å². The molecule has 3 rings (SSSR count). The predicted molar refractivity (Wildman–Crippen MR) is 85.8 cm³/mol. The number of benzene rings is 1. The van der Waals surface area contributed by atoms with Gasteiger partial charge in [-0.25, -0.2) is 4.98 Å². The Balaban J connectivity index is 2.23. The maximum absolute atomic E-state index is 11.8. The van der Waals surface area contributed by atoms with E-state index in [1.54, 1.807) is 0 Å². The quantitative estimate of drug-likeness (QED) is 0.696. The van der Waals surface area contributed by atoms with Gasteiger partial charge in [-0.15, -0.1) is 0 Å². The van der Waals surface area contributed by atoms with E-state index in [0.717, 1.165) is 28.2 Å². The summed E-state index contributed by atoms with van der Waals surface area (Å²) in [6, 6.07) is 12.1. The molecule has 2 heterocycles. The third kappa shape index (κ3) is 2.48. The molecule has 112 valence electrons. The minimum absolute atomic E-state index is 0.199. The normalized spacial score (nSPS) is 10.9. The zero-order valence-corrected chi connectivity index (χ0v) is 13.0. The fourth-order valence-corrected chi connectivity index (χ4v) is 2.72. The largest absolute Gasteiger partial charge is 0.469 e. The van der Waals surface area contributed by atoms with Crippen LogP contribution in [0.25, 0.3) is 16.9 Å². The van der Waals surface area contributed by atoms with Crippen molar-refractivity contribution in [3.05, 3.63) is 59.4 Å². The third-order valence-corrected chi connectivity index (χ3v) is 3.81. The number of methoxy groups -OCH3 is 1. The van der Waals surface area contributed by atoms with E-state index in [1.165, 1.54) is 12.7 Å². The molecular formula is C18H18N2O2. The van der Waals surface area contributed by atoms with Gasteiger partial charge < -0.3 is 9.14 Å². The molecule has 4 nitrogen and oxygen atoms in total. The number of hydrogen-bond acceptors (Lipinski definition) is 3. The molecule has 0 radical (unpaired) electrons. The topological polar surface area (TPSA) is 43.6 Å². The van der Waals surface area contributed by atoms with Crippen LogP contribution in [0.4, 0.5) is 0 Å². The number of ether oxygens (including phenoxy) is 1. The van der Waals surface area contributed by atoms with Crippen molar-refractivity contribution >= 4 is 11.6 Å². The van der Waals surface area contributed by atoms with Crippen LogP contribution in [0, 0.1) is 13.8 Å². The van der Waals surface area contributed by atoms with Crippen molar-refractivity contribution in [3.63, 3.8) is 0 Å². The van der Waals surface area contributed by atoms with Crippen molar-refractivity contribution < 1.29 is 9.53 Å². The van der Waals surface area contributed by atoms with Crippen molar-refractivity contribution in [1.29, 1.82) is 0 Å². The molecular weight excluding hydrogens is 276 g/mol. The van der Waals surface area contributed by atoms with Crippen molar-refractivity contribution in [1.82, 2.24) is 9.38 Å². The lowest BCUT2D eigenvalue weighted by Crippen LogP contribution is -2.08. The molecule has 22 heavy (non-hydrogen) atoms. The number of aryl methyl sites for hydroxylation is 2. The van der Waals surface area contributed by atoms with Gasteiger partial charge in [0.15, 0.2) is 0 Å². The van der Waals surface area contributed by atoms with Gasteiger partial charge in [-0.3, -0.25) is 4.79 Å². The Morgan fingerprint density at radius 2 is 2.05 bits per heavy atom. The summed E-state index contributed by atoms with van der Waals surface area (Å²) in [6.45, 7) is 4.13. The van der Waals surface area contributed by atoms with Crippen LogP contribution in [0.1, 0.15) is 16.8 Å². The van der Waals surface area contributed by atoms with Gasteiger partial charge in [-0.2, -0.15) is 0 Å². The van der Waals surface area contributed by atoms with Gasteiger partial charge in [0.25, 0.3) is 0 Å². The zero-order chi connectivity index (χ0) is 15.7. The fourth-order valence-electron chi connectivity index (χ4n) is 2.72. The number of pyridine rings is 1. The van der Waals surface area contributed by atoms with E-state index in [1.807, 2.05) is 28.8 Å². The molecule has 0 N–H and O–H groups in total. The van der Waals surface area contributed by atoms with Gasteiger partial charge in [-0.05, 0) is 31.5 Å². The van der Waals surface area contributed by atoms with Crippen LogP contribution in [0.15, 0.2) is 42.6 Å². The summed E-state index contributed by atoms with van der Waals surface area (Å²) in [5.74, 6) is -0.267. The molecule has 0 aliphatic carbocycles. The Morgan fingerprint density at radius 1 is 1.23 bits per heavy atom. The van der Waals surface area contributed by atoms with Gasteiger partial charge in [-0.1, -0.05) is 29.8 Å². The number of esters is 1. The Hall–Kier alpha value is -2.62. The van der Waals surface area contributed by atoms with E-state index in [9.17, 15) is 4.79 Å². The summed E-state index contributed by atoms with van der Waals surface area (Å²) in [5, 5.41) is 0. The summed E-state index contributed by atoms with van der Waals surface area (Å²) in [5.41, 5.74) is 5.93. The van der Waals surface area contributed by atoms with Crippen LogP contribution in [0.2, 0.25) is 0 Å². The summed E-state index contributed by atoms with van der Waals surface area (Å²) in [7, 11) is 1.41. The molecule has 0 unspecified atom stereocenters. The lowest BCUT2D eigenvalue weighted by Gasteiger charge is -2.07. The number of hydrogen-bond donors (Lipinski definition) is 0. The van der Waals surface area contributed by atoms with Crippen molar-refractivity contribution in [2.24, 2.45) is 0 Å². The minimum atomic E-state index is -0.267. The maximum atomic E-state index is 11.8. The van der Waals surface area contributed by atoms with Gasteiger partial charge in [0.05, 0.1) is 24.9 Å². The lowest BCUT2D eigenvalue weighted by molar-refractivity contribution is -0.139. The van der Waals surface area contributed by atoms with Crippen LogP contribution in [0.3, 0.4) is 0 Å². The first-order chi connectivity index (χ1) is 10.6. The van der Waals surface area contributed by atoms with E-state index in [-0.39, 0.29) is 12.4 Å². The Kier molecular flexibility index (Phi) is 3.67. The molecule has 3 aromatic rings. The average molecular weight is 294 g/mol. The minimum Gasteiger partial charge on any atom is -0.469 e. The highest BCUT2D eigenvalue weighted by Gasteiger charge is 2.18. The lowest BCUT2D eigenvalue weighted by atomic mass is 10.0. The van der Waals surface area contributed by atoms with Gasteiger partial charge >= 0.3 is 5.97 Å². The highest BCUT2D eigenvalue weighted by atomic mass is 16.5. The van der Waals surface area contributed by atoms with Gasteiger partial charge in [0, 0.05) is 11.8 Å². The second-order valence-electron chi connectivity index (χ2n) is 5.41. The zero-order valence-electron chi connectivity index (χ0n) is 13.0. The first-order valence-corrected chi connectivity index (χ1v) is 7.20. The second kappa shape index (κ2) is 5.64. The van der Waals surface area contributed by atoms with Crippen molar-refractivity contribution in [2.75, 3.05) is 7.11 Å². The van der Waals surface area contributed by atoms with Crippen LogP contribution in [0.5, 0.6) is 0 Å². The molecule has 0 atom stereocenters. The molecule has 2 aromatic heterocycles. The Morgan fingerprint density at radius 3 is 2.77 bits per heavy atom. The SMILES string of the molecule is COC(=O)Cc1c(-c2ccc(C)cc2C)nc2ccccn12. The van der Waals surface area contributed by atoms with Crippen LogP contribution >= 0.6 is 0 Å². The highest BCUT2D eigenvalue weighted by Crippen LogP contribution is 2.28. The van der Waals surface area contributed by atoms with E-state index in [2.05, 4.69) is 32.0 Å². The monoisotopic (exact) mass is 294 g/mol. The molecule has 0 amide bonds. The third-order valence-electron chi connectivity index (χ3n) is 3.81. The van der Waals surface area contributed by atoms with Crippen molar-refractivity contribution in [2.45, 2.75) is 20.3 Å². The van der Waals surface area contributed by atoms with Crippen LogP contribution in [-0.2, 0) is 16.0 Å². The molecule has 0 bridgehead atoms. The summed E-state index contributed by atoms with van der Waals surface area (Å²) >= 11 is 0. The van der Waals surface area contributed by atoms with E-state index in [0.29, 0.717) is 0 Å². The number of fused-ring (bicyclic) bond motifs is 1. The standard InChI is InChI=1S/C18H18N2O2/c1-12-7-8-14(13(2)10-12)18-15(11-17(21)22-3)20-9-5-4-6-16(20)19-18/h4-10H,11H2,1-3H3. The highest BCUT2D eigenvalue weighted by molar-refractivity contribution is 5.78. The Labute approximate surface area is 129 Å².